The van der Waals surface area contributed by atoms with Crippen molar-refractivity contribution in [2.24, 2.45) is 14.1 Å². The summed E-state index contributed by atoms with van der Waals surface area (Å²) in [6.07, 6.45) is 5.77. The molecule has 2 aromatic heterocycles. The van der Waals surface area contributed by atoms with Crippen LogP contribution in [0.5, 0.6) is 0 Å². The molecule has 132 valence electrons. The second-order valence-electron chi connectivity index (χ2n) is 5.99. The molecule has 0 aliphatic carbocycles. The van der Waals surface area contributed by atoms with E-state index in [-0.39, 0.29) is 11.5 Å². The Bertz CT molecular complexity index is 1160. The molecule has 0 bridgehead atoms. The van der Waals surface area contributed by atoms with E-state index in [0.29, 0.717) is 5.69 Å². The monoisotopic (exact) mass is 350 g/mol. The van der Waals surface area contributed by atoms with Crippen LogP contribution in [0.4, 0.5) is 5.69 Å². The maximum atomic E-state index is 12.3. The summed E-state index contributed by atoms with van der Waals surface area (Å²) in [6, 6.07) is 7.40. The fourth-order valence-corrected chi connectivity index (χ4v) is 2.71. The van der Waals surface area contributed by atoms with Crippen molar-refractivity contribution in [1.82, 2.24) is 14.1 Å². The number of nitrogens with zero attached hydrogens (tertiary/aromatic N) is 3. The number of aromatic nitrogens is 3. The summed E-state index contributed by atoms with van der Waals surface area (Å²) >= 11 is 0. The first kappa shape index (κ1) is 17.3. The van der Waals surface area contributed by atoms with E-state index in [9.17, 15) is 14.4 Å². The van der Waals surface area contributed by atoms with E-state index in [0.717, 1.165) is 21.0 Å². The Morgan fingerprint density at radius 3 is 2.73 bits per heavy atom. The maximum Gasteiger partial charge on any atom is 0.330 e. The molecule has 2 heterocycles. The fourth-order valence-electron chi connectivity index (χ4n) is 2.71. The Kier molecular flexibility index (Phi) is 4.53. The molecule has 3 aromatic rings. The highest BCUT2D eigenvalue weighted by atomic mass is 16.2. The van der Waals surface area contributed by atoms with Crippen LogP contribution in [0, 0.1) is 6.92 Å². The van der Waals surface area contributed by atoms with Gasteiger partial charge in [0.25, 0.3) is 5.56 Å². The highest BCUT2D eigenvalue weighted by Gasteiger charge is 2.07. The van der Waals surface area contributed by atoms with Crippen molar-refractivity contribution in [3.8, 4) is 0 Å². The van der Waals surface area contributed by atoms with Crippen molar-refractivity contribution in [2.75, 3.05) is 5.32 Å². The lowest BCUT2D eigenvalue weighted by molar-refractivity contribution is -0.111. The van der Waals surface area contributed by atoms with Crippen LogP contribution < -0.4 is 16.6 Å². The number of nitrogens with one attached hydrogen (secondary N) is 1. The van der Waals surface area contributed by atoms with Crippen LogP contribution >= 0.6 is 0 Å². The topological polar surface area (TPSA) is 86.0 Å². The molecule has 0 spiro atoms. The Morgan fingerprint density at radius 1 is 1.19 bits per heavy atom. The zero-order valence-electron chi connectivity index (χ0n) is 14.7. The number of hydrogen-bond donors (Lipinski definition) is 1. The summed E-state index contributed by atoms with van der Waals surface area (Å²) in [6.45, 7) is 1.95. The van der Waals surface area contributed by atoms with Crippen LogP contribution in [-0.4, -0.2) is 20.0 Å². The number of carbonyl (C=O) groups excluding carboxylic acids is 1. The molecule has 26 heavy (non-hydrogen) atoms. The molecule has 0 atom stereocenters. The van der Waals surface area contributed by atoms with Crippen molar-refractivity contribution in [3.05, 3.63) is 74.7 Å². The zero-order chi connectivity index (χ0) is 18.8. The molecule has 0 unspecified atom stereocenters. The third-order valence-electron chi connectivity index (χ3n) is 4.12. The molecule has 7 heteroatoms. The van der Waals surface area contributed by atoms with E-state index in [1.807, 2.05) is 25.1 Å². The molecule has 1 N–H and O–H groups in total. The predicted molar refractivity (Wildman–Crippen MR) is 101 cm³/mol. The Hall–Kier alpha value is -3.48. The van der Waals surface area contributed by atoms with Crippen LogP contribution in [0.1, 0.15) is 11.1 Å². The molecule has 0 radical (unpaired) electrons. The number of fused-ring (bicyclic) bond motifs is 1. The Balaban J connectivity index is 1.89. The van der Waals surface area contributed by atoms with Crippen molar-refractivity contribution in [2.45, 2.75) is 6.92 Å². The molecule has 0 saturated carbocycles. The molecular formula is C19H18N4O3. The average molecular weight is 350 g/mol. The van der Waals surface area contributed by atoms with Gasteiger partial charge in [0, 0.05) is 38.0 Å². The quantitative estimate of drug-likeness (QED) is 0.727. The lowest BCUT2D eigenvalue weighted by Crippen LogP contribution is -2.37. The maximum absolute atomic E-state index is 12.3. The fraction of sp³-hybridized carbons (Fsp3) is 0.158. The van der Waals surface area contributed by atoms with Gasteiger partial charge >= 0.3 is 5.69 Å². The van der Waals surface area contributed by atoms with E-state index < -0.39 is 11.2 Å². The summed E-state index contributed by atoms with van der Waals surface area (Å²) < 4.78 is 2.29. The molecule has 7 nitrogen and oxygen atoms in total. The number of anilines is 1. The second kappa shape index (κ2) is 6.79. The zero-order valence-corrected chi connectivity index (χ0v) is 14.7. The minimum Gasteiger partial charge on any atom is -0.322 e. The molecule has 3 rings (SSSR count). The standard InChI is InChI=1S/C19H18N4O3/c1-12-6-8-15(14-5-4-10-20-17(12)14)21-16(24)9-7-13-11-22(2)19(26)23(3)18(13)25/h4-11H,1-3H3,(H,21,24)/b9-7+. The third kappa shape index (κ3) is 3.19. The van der Waals surface area contributed by atoms with E-state index in [1.54, 1.807) is 19.3 Å². The van der Waals surface area contributed by atoms with Gasteiger partial charge in [0.1, 0.15) is 0 Å². The van der Waals surface area contributed by atoms with Gasteiger partial charge in [-0.05, 0) is 36.8 Å². The minimum atomic E-state index is -0.456. The van der Waals surface area contributed by atoms with Crippen molar-refractivity contribution < 1.29 is 4.79 Å². The summed E-state index contributed by atoms with van der Waals surface area (Å²) in [7, 11) is 2.94. The summed E-state index contributed by atoms with van der Waals surface area (Å²) in [5.41, 5.74) is 1.85. The second-order valence-corrected chi connectivity index (χ2v) is 5.99. The Labute approximate surface area is 149 Å². The van der Waals surface area contributed by atoms with Crippen LogP contribution in [0.15, 0.2) is 52.3 Å². The number of aryl methyl sites for hydroxylation is 2. The molecular weight excluding hydrogens is 332 g/mol. The first-order chi connectivity index (χ1) is 12.4. The van der Waals surface area contributed by atoms with Gasteiger partial charge in [0.05, 0.1) is 16.8 Å². The number of amides is 1. The molecule has 0 aliphatic heterocycles. The van der Waals surface area contributed by atoms with Crippen molar-refractivity contribution >= 4 is 28.6 Å². The summed E-state index contributed by atoms with van der Waals surface area (Å²) in [5, 5.41) is 3.64. The normalized spacial score (nSPS) is 11.2. The highest BCUT2D eigenvalue weighted by molar-refractivity contribution is 6.07. The van der Waals surface area contributed by atoms with Gasteiger partial charge in [-0.15, -0.1) is 0 Å². The number of rotatable bonds is 3. The predicted octanol–water partition coefficient (Wildman–Crippen LogP) is 1.59. The minimum absolute atomic E-state index is 0.250. The SMILES string of the molecule is Cc1ccc(NC(=O)/C=C/c2cn(C)c(=O)n(C)c2=O)c2cccnc12. The molecule has 0 fully saturated rings. The first-order valence-corrected chi connectivity index (χ1v) is 7.98. The molecule has 1 amide bonds. The van der Waals surface area contributed by atoms with Gasteiger partial charge in [-0.25, -0.2) is 4.79 Å². The largest absolute Gasteiger partial charge is 0.330 e. The molecule has 0 saturated heterocycles. The van der Waals surface area contributed by atoms with Crippen LogP contribution in [0.2, 0.25) is 0 Å². The summed E-state index contributed by atoms with van der Waals surface area (Å²) in [5.74, 6) is -0.380. The van der Waals surface area contributed by atoms with Gasteiger partial charge in [-0.3, -0.25) is 19.1 Å². The van der Waals surface area contributed by atoms with Gasteiger partial charge in [0.15, 0.2) is 0 Å². The van der Waals surface area contributed by atoms with Crippen LogP contribution in [-0.2, 0) is 18.9 Å². The van der Waals surface area contributed by atoms with Crippen LogP contribution in [0.25, 0.3) is 17.0 Å². The number of benzene rings is 1. The molecule has 1 aromatic carbocycles. The number of carbonyl (C=O) groups is 1. The van der Waals surface area contributed by atoms with E-state index in [4.69, 9.17) is 0 Å². The van der Waals surface area contributed by atoms with E-state index >= 15 is 0 Å². The lowest BCUT2D eigenvalue weighted by atomic mass is 10.1. The van der Waals surface area contributed by atoms with E-state index in [1.165, 1.54) is 30.0 Å². The van der Waals surface area contributed by atoms with Gasteiger partial charge < -0.3 is 9.88 Å². The van der Waals surface area contributed by atoms with Crippen LogP contribution in [0.3, 0.4) is 0 Å². The van der Waals surface area contributed by atoms with Gasteiger partial charge in [0.2, 0.25) is 5.91 Å². The highest BCUT2D eigenvalue weighted by Crippen LogP contribution is 2.24. The average Bonchev–Trinajstić information content (AvgIpc) is 2.64. The van der Waals surface area contributed by atoms with Gasteiger partial charge in [-0.1, -0.05) is 6.07 Å². The lowest BCUT2D eigenvalue weighted by Gasteiger charge is -2.08. The van der Waals surface area contributed by atoms with Gasteiger partial charge in [-0.2, -0.15) is 0 Å². The van der Waals surface area contributed by atoms with Crippen molar-refractivity contribution in [3.63, 3.8) is 0 Å². The van der Waals surface area contributed by atoms with Crippen molar-refractivity contribution in [1.29, 1.82) is 0 Å². The summed E-state index contributed by atoms with van der Waals surface area (Å²) in [4.78, 5) is 40.4. The first-order valence-electron chi connectivity index (χ1n) is 7.98. The molecule has 0 aliphatic rings. The number of hydrogen-bond acceptors (Lipinski definition) is 4. The smallest absolute Gasteiger partial charge is 0.322 e. The number of pyridine rings is 1. The Morgan fingerprint density at radius 2 is 1.96 bits per heavy atom. The third-order valence-corrected chi connectivity index (χ3v) is 4.12. The van der Waals surface area contributed by atoms with E-state index in [2.05, 4.69) is 10.3 Å².